The maximum absolute atomic E-state index is 9.19. The predicted molar refractivity (Wildman–Crippen MR) is 118 cm³/mol. The van der Waals surface area contributed by atoms with Gasteiger partial charge in [0.2, 0.25) is 0 Å². The largest absolute Gasteiger partial charge is 0.407 e. The number of aliphatic hydroxyl groups excluding tert-OH is 1. The lowest BCUT2D eigenvalue weighted by molar-refractivity contribution is 0.204. The van der Waals surface area contributed by atoms with Crippen molar-refractivity contribution in [3.8, 4) is 0 Å². The van der Waals surface area contributed by atoms with Crippen molar-refractivity contribution in [2.45, 2.75) is 52.5 Å². The van der Waals surface area contributed by atoms with Crippen molar-refractivity contribution in [3.63, 3.8) is 0 Å². The minimum atomic E-state index is -2.43. The van der Waals surface area contributed by atoms with Gasteiger partial charge >= 0.3 is 0 Å². The molecule has 0 aliphatic carbocycles. The minimum Gasteiger partial charge on any atom is -0.407 e. The second-order valence-electron chi connectivity index (χ2n) is 8.93. The molecule has 0 aliphatic heterocycles. The van der Waals surface area contributed by atoms with E-state index in [9.17, 15) is 5.11 Å². The van der Waals surface area contributed by atoms with Crippen LogP contribution in [-0.4, -0.2) is 26.6 Å². The zero-order valence-electron chi connectivity index (χ0n) is 17.6. The van der Waals surface area contributed by atoms with Crippen LogP contribution >= 0.6 is 0 Å². The Balaban J connectivity index is 2.38. The van der Waals surface area contributed by atoms with E-state index in [1.807, 2.05) is 0 Å². The standard InChI is InChI=1S/C24H36O2Si/c1-20(16-17-25)18-21(2)19-26-27(24(3,4)5,22-12-8-6-9-13-22)23-14-10-7-11-15-23/h6-15,20-21,25H,16-19H2,1-5H3/t20-,21-/m0/s1. The smallest absolute Gasteiger partial charge is 0.261 e. The summed E-state index contributed by atoms with van der Waals surface area (Å²) in [4.78, 5) is 0. The van der Waals surface area contributed by atoms with E-state index in [-0.39, 0.29) is 11.6 Å². The molecule has 0 fully saturated rings. The summed E-state index contributed by atoms with van der Waals surface area (Å²) in [5.74, 6) is 0.987. The predicted octanol–water partition coefficient (Wildman–Crippen LogP) is 4.61. The first kappa shape index (κ1) is 21.9. The lowest BCUT2D eigenvalue weighted by Gasteiger charge is -2.43. The molecular weight excluding hydrogens is 348 g/mol. The molecule has 2 aromatic carbocycles. The Morgan fingerprint density at radius 3 is 1.74 bits per heavy atom. The van der Waals surface area contributed by atoms with Gasteiger partial charge in [0, 0.05) is 13.2 Å². The second-order valence-corrected chi connectivity index (χ2v) is 13.2. The van der Waals surface area contributed by atoms with E-state index in [0.717, 1.165) is 19.4 Å². The Labute approximate surface area is 166 Å². The van der Waals surface area contributed by atoms with Gasteiger partial charge < -0.3 is 9.53 Å². The third kappa shape index (κ3) is 5.31. The number of hydrogen-bond donors (Lipinski definition) is 1. The average molecular weight is 385 g/mol. The first-order valence-corrected chi connectivity index (χ1v) is 12.1. The fourth-order valence-electron chi connectivity index (χ4n) is 4.12. The number of hydrogen-bond acceptors (Lipinski definition) is 2. The number of rotatable bonds is 9. The van der Waals surface area contributed by atoms with Crippen LogP contribution < -0.4 is 10.4 Å². The van der Waals surface area contributed by atoms with Gasteiger partial charge in [0.1, 0.15) is 0 Å². The lowest BCUT2D eigenvalue weighted by Crippen LogP contribution is -2.66. The summed E-state index contributed by atoms with van der Waals surface area (Å²) in [5, 5.41) is 11.9. The highest BCUT2D eigenvalue weighted by molar-refractivity contribution is 6.99. The van der Waals surface area contributed by atoms with Gasteiger partial charge in [-0.3, -0.25) is 0 Å². The maximum Gasteiger partial charge on any atom is 0.261 e. The molecule has 0 saturated heterocycles. The van der Waals surface area contributed by atoms with E-state index in [4.69, 9.17) is 4.43 Å². The molecule has 148 valence electrons. The topological polar surface area (TPSA) is 29.5 Å². The summed E-state index contributed by atoms with van der Waals surface area (Å²) in [6, 6.07) is 21.6. The van der Waals surface area contributed by atoms with Crippen LogP contribution in [0.5, 0.6) is 0 Å². The van der Waals surface area contributed by atoms with Crippen LogP contribution in [0.4, 0.5) is 0 Å². The van der Waals surface area contributed by atoms with Gasteiger partial charge in [0.05, 0.1) is 0 Å². The highest BCUT2D eigenvalue weighted by Crippen LogP contribution is 2.37. The molecule has 2 aromatic rings. The van der Waals surface area contributed by atoms with Crippen LogP contribution in [0.3, 0.4) is 0 Å². The quantitative estimate of drug-likeness (QED) is 0.640. The van der Waals surface area contributed by atoms with Crippen molar-refractivity contribution in [1.29, 1.82) is 0 Å². The molecule has 0 saturated carbocycles. The zero-order valence-corrected chi connectivity index (χ0v) is 18.6. The average Bonchev–Trinajstić information content (AvgIpc) is 2.63. The van der Waals surface area contributed by atoms with Crippen molar-refractivity contribution in [3.05, 3.63) is 60.7 Å². The zero-order chi connectivity index (χ0) is 19.9. The van der Waals surface area contributed by atoms with Crippen molar-refractivity contribution in [2.24, 2.45) is 11.8 Å². The highest BCUT2D eigenvalue weighted by Gasteiger charge is 2.50. The summed E-state index contributed by atoms with van der Waals surface area (Å²) in [6.07, 6.45) is 1.95. The highest BCUT2D eigenvalue weighted by atomic mass is 28.4. The van der Waals surface area contributed by atoms with Crippen molar-refractivity contribution in [1.82, 2.24) is 0 Å². The fourth-order valence-corrected chi connectivity index (χ4v) is 8.81. The van der Waals surface area contributed by atoms with Gasteiger partial charge in [0.25, 0.3) is 8.32 Å². The minimum absolute atomic E-state index is 0.0200. The molecule has 2 atom stereocenters. The normalized spacial score (nSPS) is 14.7. The second kappa shape index (κ2) is 9.68. The molecule has 0 radical (unpaired) electrons. The van der Waals surface area contributed by atoms with Crippen LogP contribution in [0.15, 0.2) is 60.7 Å². The molecule has 0 aliphatic rings. The summed E-state index contributed by atoms with van der Waals surface area (Å²) in [6.45, 7) is 12.5. The lowest BCUT2D eigenvalue weighted by atomic mass is 9.96. The first-order chi connectivity index (χ1) is 12.8. The number of benzene rings is 2. The molecule has 2 nitrogen and oxygen atoms in total. The van der Waals surface area contributed by atoms with Gasteiger partial charge in [-0.25, -0.2) is 0 Å². The SMILES string of the molecule is C[C@H](CO[Si](c1ccccc1)(c1ccccc1)C(C)(C)C)C[C@@H](C)CCO. The van der Waals surface area contributed by atoms with E-state index in [2.05, 4.69) is 95.3 Å². The molecule has 2 rings (SSSR count). The molecule has 0 bridgehead atoms. The van der Waals surface area contributed by atoms with Gasteiger partial charge in [-0.15, -0.1) is 0 Å². The third-order valence-corrected chi connectivity index (χ3v) is 10.4. The molecule has 27 heavy (non-hydrogen) atoms. The van der Waals surface area contributed by atoms with Gasteiger partial charge in [0.15, 0.2) is 0 Å². The van der Waals surface area contributed by atoms with E-state index >= 15 is 0 Å². The third-order valence-electron chi connectivity index (χ3n) is 5.43. The van der Waals surface area contributed by atoms with Gasteiger partial charge in [-0.1, -0.05) is 95.3 Å². The Bertz CT molecular complexity index is 624. The molecule has 0 heterocycles. The Hall–Kier alpha value is -1.42. The van der Waals surface area contributed by atoms with Gasteiger partial charge in [-0.2, -0.15) is 0 Å². The Morgan fingerprint density at radius 1 is 0.852 bits per heavy atom. The van der Waals surface area contributed by atoms with E-state index in [0.29, 0.717) is 11.8 Å². The number of aliphatic hydroxyl groups is 1. The maximum atomic E-state index is 9.19. The molecule has 0 aromatic heterocycles. The molecule has 0 unspecified atom stereocenters. The molecule has 3 heteroatoms. The van der Waals surface area contributed by atoms with Gasteiger partial charge in [-0.05, 0) is 40.1 Å². The van der Waals surface area contributed by atoms with Crippen molar-refractivity contribution < 1.29 is 9.53 Å². The van der Waals surface area contributed by atoms with Crippen LogP contribution in [0.1, 0.15) is 47.5 Å². The monoisotopic (exact) mass is 384 g/mol. The summed E-state index contributed by atoms with van der Waals surface area (Å²) < 4.78 is 6.98. The summed E-state index contributed by atoms with van der Waals surface area (Å²) in [5.41, 5.74) is 0. The molecular formula is C24H36O2Si. The van der Waals surface area contributed by atoms with Crippen LogP contribution in [-0.2, 0) is 4.43 Å². The summed E-state index contributed by atoms with van der Waals surface area (Å²) >= 11 is 0. The Kier molecular flexibility index (Phi) is 7.84. The molecule has 0 amide bonds. The van der Waals surface area contributed by atoms with Crippen LogP contribution in [0.2, 0.25) is 5.04 Å². The van der Waals surface area contributed by atoms with Crippen LogP contribution in [0, 0.1) is 11.8 Å². The molecule has 0 spiro atoms. The van der Waals surface area contributed by atoms with Crippen LogP contribution in [0.25, 0.3) is 0 Å². The van der Waals surface area contributed by atoms with E-state index in [1.54, 1.807) is 0 Å². The van der Waals surface area contributed by atoms with E-state index < -0.39 is 8.32 Å². The first-order valence-electron chi connectivity index (χ1n) is 10.2. The van der Waals surface area contributed by atoms with Crippen molar-refractivity contribution in [2.75, 3.05) is 13.2 Å². The van der Waals surface area contributed by atoms with Crippen molar-refractivity contribution >= 4 is 18.7 Å². The summed E-state index contributed by atoms with van der Waals surface area (Å²) in [7, 11) is -2.43. The van der Waals surface area contributed by atoms with E-state index in [1.165, 1.54) is 10.4 Å². The fraction of sp³-hybridized carbons (Fsp3) is 0.500. The molecule has 1 N–H and O–H groups in total. The Morgan fingerprint density at radius 2 is 1.33 bits per heavy atom.